The van der Waals surface area contributed by atoms with Gasteiger partial charge in [-0.15, -0.1) is 0 Å². The van der Waals surface area contributed by atoms with Gasteiger partial charge in [0.1, 0.15) is 5.82 Å². The largest absolute Gasteiger partial charge is 0.446 e. The van der Waals surface area contributed by atoms with E-state index in [1.165, 1.54) is 6.07 Å². The summed E-state index contributed by atoms with van der Waals surface area (Å²) < 4.78 is 51.8. The number of carbonyl (C=O) groups is 2. The van der Waals surface area contributed by atoms with Crippen LogP contribution in [0.1, 0.15) is 44.7 Å². The molecule has 3 unspecified atom stereocenters. The van der Waals surface area contributed by atoms with Crippen LogP contribution in [0, 0.1) is 11.2 Å². The summed E-state index contributed by atoms with van der Waals surface area (Å²) in [5.41, 5.74) is -4.48. The number of thioether (sulfide) groups is 1. The smallest absolute Gasteiger partial charge is 0.347 e. The van der Waals surface area contributed by atoms with Crippen molar-refractivity contribution in [3.63, 3.8) is 0 Å². The summed E-state index contributed by atoms with van der Waals surface area (Å²) in [6, 6.07) is 2.27. The Balaban J connectivity index is 1.79. The standard InChI is InChI=1S/C18H21F4N3O2S/c1-9-23-12(8-14(26)24-9)16(27)25-15(17(2)5-6-17)10-3-4-13(11(19)7-10)28-18(20,21)22/h3-4,7,9,12,15,23H,5-6,8H2,1-2H3,(H,24,26)(H,25,27). The summed E-state index contributed by atoms with van der Waals surface area (Å²) in [6.45, 7) is 3.64. The number of alkyl halides is 3. The predicted molar refractivity (Wildman–Crippen MR) is 95.7 cm³/mol. The minimum absolute atomic E-state index is 0.0187. The fraction of sp³-hybridized carbons (Fsp3) is 0.556. The van der Waals surface area contributed by atoms with Gasteiger partial charge in [-0.25, -0.2) is 4.39 Å². The Labute approximate surface area is 164 Å². The first kappa shape index (κ1) is 20.9. The van der Waals surface area contributed by atoms with E-state index in [0.717, 1.165) is 25.0 Å². The van der Waals surface area contributed by atoms with Crippen molar-refractivity contribution in [3.8, 4) is 0 Å². The number of carbonyl (C=O) groups excluding carboxylic acids is 2. The van der Waals surface area contributed by atoms with Gasteiger partial charge in [0.25, 0.3) is 0 Å². The molecule has 0 bridgehead atoms. The molecule has 5 nitrogen and oxygen atoms in total. The molecule has 1 saturated heterocycles. The van der Waals surface area contributed by atoms with E-state index < -0.39 is 46.0 Å². The van der Waals surface area contributed by atoms with Crippen LogP contribution in [0.4, 0.5) is 17.6 Å². The van der Waals surface area contributed by atoms with E-state index >= 15 is 0 Å². The number of benzene rings is 1. The molecule has 1 aliphatic heterocycles. The van der Waals surface area contributed by atoms with Gasteiger partial charge in [0, 0.05) is 0 Å². The van der Waals surface area contributed by atoms with Crippen LogP contribution >= 0.6 is 11.8 Å². The van der Waals surface area contributed by atoms with Crippen LogP contribution in [0.3, 0.4) is 0 Å². The Morgan fingerprint density at radius 1 is 1.36 bits per heavy atom. The molecule has 1 saturated carbocycles. The maximum atomic E-state index is 14.2. The van der Waals surface area contributed by atoms with Crippen molar-refractivity contribution in [3.05, 3.63) is 29.6 Å². The highest BCUT2D eigenvalue weighted by Gasteiger charge is 2.47. The van der Waals surface area contributed by atoms with Gasteiger partial charge in [-0.1, -0.05) is 13.0 Å². The van der Waals surface area contributed by atoms with E-state index in [4.69, 9.17) is 0 Å². The first-order valence-electron chi connectivity index (χ1n) is 8.88. The first-order chi connectivity index (χ1) is 13.0. The second-order valence-electron chi connectivity index (χ2n) is 7.55. The van der Waals surface area contributed by atoms with Gasteiger partial charge in [0.05, 0.1) is 29.6 Å². The molecule has 0 spiro atoms. The molecule has 1 aliphatic carbocycles. The van der Waals surface area contributed by atoms with Gasteiger partial charge in [-0.3, -0.25) is 14.9 Å². The average molecular weight is 419 g/mol. The maximum Gasteiger partial charge on any atom is 0.446 e. The number of rotatable bonds is 5. The molecule has 3 rings (SSSR count). The van der Waals surface area contributed by atoms with Crippen LogP contribution in [0.15, 0.2) is 23.1 Å². The lowest BCUT2D eigenvalue weighted by atomic mass is 9.91. The molecule has 0 radical (unpaired) electrons. The molecule has 0 aromatic heterocycles. The molecular formula is C18H21F4N3O2S. The van der Waals surface area contributed by atoms with Gasteiger partial charge in [-0.05, 0) is 54.6 Å². The van der Waals surface area contributed by atoms with E-state index in [1.54, 1.807) is 6.92 Å². The first-order valence-corrected chi connectivity index (χ1v) is 9.69. The van der Waals surface area contributed by atoms with Gasteiger partial charge >= 0.3 is 5.51 Å². The maximum absolute atomic E-state index is 14.2. The van der Waals surface area contributed by atoms with E-state index in [-0.39, 0.29) is 23.9 Å². The van der Waals surface area contributed by atoms with Crippen molar-refractivity contribution >= 4 is 23.6 Å². The third kappa shape index (κ3) is 4.96. The van der Waals surface area contributed by atoms with Crippen molar-refractivity contribution in [2.75, 3.05) is 0 Å². The fourth-order valence-electron chi connectivity index (χ4n) is 3.35. The van der Waals surface area contributed by atoms with Gasteiger partial charge in [-0.2, -0.15) is 13.2 Å². The van der Waals surface area contributed by atoms with E-state index in [1.807, 2.05) is 6.92 Å². The Bertz CT molecular complexity index is 783. The number of hydrogen-bond acceptors (Lipinski definition) is 4. The third-order valence-electron chi connectivity index (χ3n) is 5.07. The van der Waals surface area contributed by atoms with Crippen LogP contribution in [-0.2, 0) is 9.59 Å². The van der Waals surface area contributed by atoms with Crippen molar-refractivity contribution < 1.29 is 27.2 Å². The normalized spacial score (nSPS) is 25.0. The van der Waals surface area contributed by atoms with Crippen LogP contribution in [0.5, 0.6) is 0 Å². The van der Waals surface area contributed by atoms with Crippen LogP contribution in [0.25, 0.3) is 0 Å². The number of hydrogen-bond donors (Lipinski definition) is 3. The summed E-state index contributed by atoms with van der Waals surface area (Å²) in [5.74, 6) is -1.62. The monoisotopic (exact) mass is 419 g/mol. The van der Waals surface area contributed by atoms with E-state index in [9.17, 15) is 27.2 Å². The van der Waals surface area contributed by atoms with Crippen molar-refractivity contribution in [2.24, 2.45) is 5.41 Å². The van der Waals surface area contributed by atoms with Crippen LogP contribution in [-0.4, -0.2) is 29.5 Å². The summed E-state index contributed by atoms with van der Waals surface area (Å²) in [6.07, 6.45) is 1.22. The van der Waals surface area contributed by atoms with E-state index in [0.29, 0.717) is 5.56 Å². The lowest BCUT2D eigenvalue weighted by Gasteiger charge is -2.32. The quantitative estimate of drug-likeness (QED) is 0.506. The van der Waals surface area contributed by atoms with Crippen LogP contribution in [0.2, 0.25) is 0 Å². The van der Waals surface area contributed by atoms with Crippen LogP contribution < -0.4 is 16.0 Å². The molecule has 2 amide bonds. The average Bonchev–Trinajstić information content (AvgIpc) is 3.31. The van der Waals surface area contributed by atoms with E-state index in [2.05, 4.69) is 16.0 Å². The number of amides is 2. The van der Waals surface area contributed by atoms with Crippen molar-refractivity contribution in [2.45, 2.75) is 61.8 Å². The molecule has 1 aromatic carbocycles. The van der Waals surface area contributed by atoms with Crippen molar-refractivity contribution in [1.82, 2.24) is 16.0 Å². The zero-order valence-electron chi connectivity index (χ0n) is 15.3. The second kappa shape index (κ2) is 7.55. The molecule has 3 atom stereocenters. The highest BCUT2D eigenvalue weighted by molar-refractivity contribution is 8.00. The number of halogens is 4. The Morgan fingerprint density at radius 2 is 2.04 bits per heavy atom. The summed E-state index contributed by atoms with van der Waals surface area (Å²) in [5, 5.41) is 8.49. The molecule has 1 aromatic rings. The zero-order chi connectivity index (χ0) is 20.7. The summed E-state index contributed by atoms with van der Waals surface area (Å²) in [4.78, 5) is 23.8. The molecule has 3 N–H and O–H groups in total. The molecule has 2 fully saturated rings. The van der Waals surface area contributed by atoms with Gasteiger partial charge < -0.3 is 10.6 Å². The van der Waals surface area contributed by atoms with Gasteiger partial charge in [0.15, 0.2) is 0 Å². The molecule has 154 valence electrons. The topological polar surface area (TPSA) is 70.2 Å². The highest BCUT2D eigenvalue weighted by atomic mass is 32.2. The Morgan fingerprint density at radius 3 is 2.57 bits per heavy atom. The minimum Gasteiger partial charge on any atom is -0.347 e. The summed E-state index contributed by atoms with van der Waals surface area (Å²) >= 11 is -0.509. The zero-order valence-corrected chi connectivity index (χ0v) is 16.1. The molecule has 2 aliphatic rings. The highest BCUT2D eigenvalue weighted by Crippen LogP contribution is 2.54. The molecule has 28 heavy (non-hydrogen) atoms. The SMILES string of the molecule is CC1NC(=O)CC(C(=O)NC(c2ccc(SC(F)(F)F)c(F)c2)C2(C)CC2)N1. The summed E-state index contributed by atoms with van der Waals surface area (Å²) in [7, 11) is 0. The third-order valence-corrected chi connectivity index (χ3v) is 5.85. The van der Waals surface area contributed by atoms with Gasteiger partial charge in [0.2, 0.25) is 11.8 Å². The Kier molecular flexibility index (Phi) is 5.64. The fourth-order valence-corrected chi connectivity index (χ4v) is 3.89. The number of nitrogens with one attached hydrogen (secondary N) is 3. The second-order valence-corrected chi connectivity index (χ2v) is 8.65. The molecule has 10 heteroatoms. The predicted octanol–water partition coefficient (Wildman–Crippen LogP) is 3.22. The lowest BCUT2D eigenvalue weighted by molar-refractivity contribution is -0.132. The minimum atomic E-state index is -4.58. The Hall–Kier alpha value is -1.81. The van der Waals surface area contributed by atoms with Crippen molar-refractivity contribution in [1.29, 1.82) is 0 Å². The molecule has 1 heterocycles. The lowest BCUT2D eigenvalue weighted by Crippen LogP contribution is -2.60. The molecular weight excluding hydrogens is 398 g/mol.